The molecule has 10 heteroatoms. The van der Waals surface area contributed by atoms with E-state index < -0.39 is 23.5 Å². The minimum atomic E-state index is -1.06. The van der Waals surface area contributed by atoms with Crippen LogP contribution in [0.25, 0.3) is 5.69 Å². The fourth-order valence-electron chi connectivity index (χ4n) is 3.71. The maximum atomic E-state index is 13.1. The largest absolute Gasteiger partial charge is 0.478 e. The predicted molar refractivity (Wildman–Crippen MR) is 150 cm³/mol. The lowest BCUT2D eigenvalue weighted by Gasteiger charge is -2.03. The number of nitrogens with zero attached hydrogens (tertiary/aromatic N) is 2. The number of hydrogen-bond acceptors (Lipinski definition) is 6. The van der Waals surface area contributed by atoms with Crippen molar-refractivity contribution in [1.82, 2.24) is 9.78 Å². The van der Waals surface area contributed by atoms with Gasteiger partial charge in [-0.05, 0) is 61.4 Å². The van der Waals surface area contributed by atoms with Crippen LogP contribution in [0.5, 0.6) is 0 Å². The highest BCUT2D eigenvalue weighted by atomic mass is 16.5. The van der Waals surface area contributed by atoms with Gasteiger partial charge in [0.05, 0.1) is 46.8 Å². The Labute approximate surface area is 230 Å². The van der Waals surface area contributed by atoms with E-state index in [9.17, 15) is 19.2 Å². The minimum Gasteiger partial charge on any atom is -0.478 e. The van der Waals surface area contributed by atoms with Crippen LogP contribution in [0, 0.1) is 0 Å². The molecule has 0 aliphatic rings. The van der Waals surface area contributed by atoms with E-state index in [0.29, 0.717) is 16.9 Å². The molecule has 0 aliphatic heterocycles. The first kappa shape index (κ1) is 29.3. The quantitative estimate of drug-likeness (QED) is 0.205. The Bertz CT molecular complexity index is 1550. The van der Waals surface area contributed by atoms with Crippen molar-refractivity contribution in [3.05, 3.63) is 117 Å². The summed E-state index contributed by atoms with van der Waals surface area (Å²) >= 11 is 0. The Hall–Kier alpha value is -5.25. The first-order valence-corrected chi connectivity index (χ1v) is 12.5. The Morgan fingerprint density at radius 1 is 0.875 bits per heavy atom. The van der Waals surface area contributed by atoms with Gasteiger partial charge in [-0.2, -0.15) is 0 Å². The number of carboxylic acids is 2. The lowest BCUT2D eigenvalue weighted by molar-refractivity contribution is -0.142. The molecule has 1 aromatic heterocycles. The summed E-state index contributed by atoms with van der Waals surface area (Å²) in [5, 5.41) is 20.4. The summed E-state index contributed by atoms with van der Waals surface area (Å²) in [5.41, 5.74) is 2.85. The number of para-hydroxylation sites is 1. The van der Waals surface area contributed by atoms with E-state index in [1.807, 2.05) is 31.2 Å². The molecule has 0 radical (unpaired) electrons. The normalized spacial score (nSPS) is 10.6. The number of aromatic carboxylic acids is 2. The molecule has 0 fully saturated rings. The van der Waals surface area contributed by atoms with Crippen LogP contribution in [0.1, 0.15) is 51.4 Å². The van der Waals surface area contributed by atoms with Crippen molar-refractivity contribution < 1.29 is 29.3 Å². The number of aromatic nitrogens is 2. The molecule has 40 heavy (non-hydrogen) atoms. The van der Waals surface area contributed by atoms with Gasteiger partial charge in [-0.15, -0.1) is 0 Å². The summed E-state index contributed by atoms with van der Waals surface area (Å²) in [4.78, 5) is 50.9. The zero-order valence-electron chi connectivity index (χ0n) is 22.0. The molecule has 0 saturated heterocycles. The topological polar surface area (TPSA) is 151 Å². The van der Waals surface area contributed by atoms with Gasteiger partial charge in [-0.25, -0.2) is 14.3 Å². The van der Waals surface area contributed by atoms with Crippen molar-refractivity contribution in [2.45, 2.75) is 26.7 Å². The standard InChI is InChI=1S/C23H23N3O5.C7H6O2/c1-3-15-7-5-6-8-19(15)24-14-18-20(13-21(27)31-4-2)25-26(22(18)28)17-11-9-16(10-12-17)23(29)30;8-7(9)6-4-2-1-3-5-6/h5-12,14,25H,3-4,13H2,1-2H3,(H,29,30);1-5H,(H,8,9). The molecule has 4 rings (SSSR count). The summed E-state index contributed by atoms with van der Waals surface area (Å²) in [6.07, 6.45) is 2.11. The van der Waals surface area contributed by atoms with Gasteiger partial charge in [0.1, 0.15) is 0 Å². The number of aryl methyl sites for hydroxylation is 1. The number of rotatable bonds is 9. The number of aliphatic imine (C=N–C) groups is 1. The van der Waals surface area contributed by atoms with E-state index in [2.05, 4.69) is 10.1 Å². The van der Waals surface area contributed by atoms with Crippen LogP contribution in [-0.4, -0.2) is 50.7 Å². The molecular weight excluding hydrogens is 514 g/mol. The SMILES string of the molecule is CCOC(=O)Cc1[nH]n(-c2ccc(C(=O)O)cc2)c(=O)c1C=Nc1ccccc1CC.O=C(O)c1ccccc1. The van der Waals surface area contributed by atoms with Crippen LogP contribution in [0.4, 0.5) is 5.69 Å². The molecule has 1 heterocycles. The highest BCUT2D eigenvalue weighted by Gasteiger charge is 2.18. The van der Waals surface area contributed by atoms with E-state index >= 15 is 0 Å². The number of nitrogens with one attached hydrogen (secondary N) is 1. The summed E-state index contributed by atoms with van der Waals surface area (Å²) in [5.74, 6) is -2.41. The molecule has 0 saturated carbocycles. The number of ether oxygens (including phenoxy) is 1. The smallest absolute Gasteiger partial charge is 0.335 e. The monoisotopic (exact) mass is 543 g/mol. The van der Waals surface area contributed by atoms with Gasteiger partial charge in [-0.3, -0.25) is 19.7 Å². The minimum absolute atomic E-state index is 0.105. The van der Waals surface area contributed by atoms with Gasteiger partial charge >= 0.3 is 17.9 Å². The lowest BCUT2D eigenvalue weighted by atomic mass is 10.1. The Kier molecular flexibility index (Phi) is 10.3. The molecule has 0 atom stereocenters. The third-order valence-corrected chi connectivity index (χ3v) is 5.73. The van der Waals surface area contributed by atoms with E-state index in [1.165, 1.54) is 35.2 Å². The zero-order valence-corrected chi connectivity index (χ0v) is 22.0. The molecule has 3 aromatic carbocycles. The molecule has 4 aromatic rings. The summed E-state index contributed by atoms with van der Waals surface area (Å²) in [6.45, 7) is 3.96. The molecule has 0 bridgehead atoms. The van der Waals surface area contributed by atoms with Gasteiger partial charge in [0.2, 0.25) is 0 Å². The van der Waals surface area contributed by atoms with Crippen LogP contribution in [-0.2, 0) is 22.4 Å². The van der Waals surface area contributed by atoms with Crippen LogP contribution in [0.15, 0.2) is 88.6 Å². The first-order chi connectivity index (χ1) is 19.2. The number of H-pyrrole nitrogens is 1. The summed E-state index contributed by atoms with van der Waals surface area (Å²) in [7, 11) is 0. The van der Waals surface area contributed by atoms with Crippen LogP contribution >= 0.6 is 0 Å². The molecule has 0 spiro atoms. The van der Waals surface area contributed by atoms with Gasteiger partial charge in [0.25, 0.3) is 5.56 Å². The second-order valence-electron chi connectivity index (χ2n) is 8.39. The van der Waals surface area contributed by atoms with Crippen molar-refractivity contribution >= 4 is 29.8 Å². The van der Waals surface area contributed by atoms with Crippen LogP contribution < -0.4 is 5.56 Å². The number of hydrogen-bond donors (Lipinski definition) is 3. The lowest BCUT2D eigenvalue weighted by Crippen LogP contribution is -2.17. The summed E-state index contributed by atoms with van der Waals surface area (Å²) < 4.78 is 6.27. The van der Waals surface area contributed by atoms with Gasteiger partial charge in [0.15, 0.2) is 0 Å². The third-order valence-electron chi connectivity index (χ3n) is 5.73. The van der Waals surface area contributed by atoms with Crippen molar-refractivity contribution in [2.75, 3.05) is 6.61 Å². The van der Waals surface area contributed by atoms with Crippen molar-refractivity contribution in [1.29, 1.82) is 0 Å². The Morgan fingerprint density at radius 3 is 2.05 bits per heavy atom. The second-order valence-corrected chi connectivity index (χ2v) is 8.39. The van der Waals surface area contributed by atoms with Gasteiger partial charge in [-0.1, -0.05) is 43.3 Å². The number of aromatic amines is 1. The van der Waals surface area contributed by atoms with E-state index in [-0.39, 0.29) is 24.2 Å². The van der Waals surface area contributed by atoms with Crippen LogP contribution in [0.3, 0.4) is 0 Å². The van der Waals surface area contributed by atoms with Crippen molar-refractivity contribution in [3.63, 3.8) is 0 Å². The van der Waals surface area contributed by atoms with E-state index in [0.717, 1.165) is 17.7 Å². The molecule has 206 valence electrons. The molecular formula is C30H29N3O7. The third kappa shape index (κ3) is 7.64. The highest BCUT2D eigenvalue weighted by Crippen LogP contribution is 2.19. The first-order valence-electron chi connectivity index (χ1n) is 12.5. The average Bonchev–Trinajstić information content (AvgIpc) is 3.27. The molecule has 3 N–H and O–H groups in total. The number of carbonyl (C=O) groups is 3. The molecule has 10 nitrogen and oxygen atoms in total. The van der Waals surface area contributed by atoms with Crippen LogP contribution in [0.2, 0.25) is 0 Å². The maximum Gasteiger partial charge on any atom is 0.335 e. The van der Waals surface area contributed by atoms with Crippen molar-refractivity contribution in [3.8, 4) is 5.69 Å². The van der Waals surface area contributed by atoms with Gasteiger partial charge in [0, 0.05) is 6.21 Å². The maximum absolute atomic E-state index is 13.1. The van der Waals surface area contributed by atoms with E-state index in [1.54, 1.807) is 37.3 Å². The number of esters is 1. The highest BCUT2D eigenvalue weighted by molar-refractivity contribution is 5.88. The number of carbonyl (C=O) groups excluding carboxylic acids is 1. The van der Waals surface area contributed by atoms with Gasteiger partial charge < -0.3 is 14.9 Å². The summed E-state index contributed by atoms with van der Waals surface area (Å²) in [6, 6.07) is 21.7. The molecule has 0 amide bonds. The Balaban J connectivity index is 0.000000415. The Morgan fingerprint density at radius 2 is 1.48 bits per heavy atom. The fourth-order valence-corrected chi connectivity index (χ4v) is 3.71. The average molecular weight is 544 g/mol. The van der Waals surface area contributed by atoms with Crippen molar-refractivity contribution in [2.24, 2.45) is 4.99 Å². The molecule has 0 unspecified atom stereocenters. The zero-order chi connectivity index (χ0) is 29.1. The molecule has 0 aliphatic carbocycles. The predicted octanol–water partition coefficient (Wildman–Crippen LogP) is 4.67. The fraction of sp³-hybridized carbons (Fsp3) is 0.167. The number of carboxylic acid groups (broad SMARTS) is 2. The van der Waals surface area contributed by atoms with E-state index in [4.69, 9.17) is 14.9 Å². The second kappa shape index (κ2) is 14.1. The number of benzene rings is 3.